The van der Waals surface area contributed by atoms with Gasteiger partial charge >= 0.3 is 0 Å². The normalized spacial score (nSPS) is 22.8. The molecule has 6 heteroatoms. The summed E-state index contributed by atoms with van der Waals surface area (Å²) in [6, 6.07) is 60.1. The van der Waals surface area contributed by atoms with Crippen molar-refractivity contribution in [3.63, 3.8) is 0 Å². The molecule has 4 fully saturated rings. The number of fused-ring (bicyclic) bond motifs is 2. The SMILES string of the molecule is O=S1(=O)c2ccccc2C2(c3cc(-c4nc(-c5ccccc5)nc(-c5ccc(-c6cc(-c7ccccc7)cc(-c7ccccc7)c6)cc5)n4)ccc31)C1CC3CC(C1)CC2C3. The minimum Gasteiger partial charge on any atom is -0.218 e. The van der Waals surface area contributed by atoms with E-state index in [1.54, 1.807) is 0 Å². The van der Waals surface area contributed by atoms with Crippen LogP contribution in [0.1, 0.15) is 43.2 Å². The Balaban J connectivity index is 0.987. The molecule has 0 saturated heterocycles. The molecule has 7 aromatic carbocycles. The summed E-state index contributed by atoms with van der Waals surface area (Å²) in [7, 11) is -3.73. The Morgan fingerprint density at radius 3 is 1.30 bits per heavy atom. The average molecular weight is 810 g/mol. The fourth-order valence-electron chi connectivity index (χ4n) is 11.9. The van der Waals surface area contributed by atoms with Crippen molar-refractivity contribution in [1.82, 2.24) is 15.0 Å². The van der Waals surface area contributed by atoms with Crippen LogP contribution in [0, 0.1) is 23.7 Å². The highest BCUT2D eigenvalue weighted by atomic mass is 32.2. The first-order valence-corrected chi connectivity index (χ1v) is 23.1. The Hall–Kier alpha value is -6.50. The van der Waals surface area contributed by atoms with Crippen molar-refractivity contribution in [2.24, 2.45) is 23.7 Å². The second kappa shape index (κ2) is 14.0. The Kier molecular flexibility index (Phi) is 8.37. The van der Waals surface area contributed by atoms with Crippen LogP contribution in [-0.2, 0) is 15.3 Å². The third-order valence-electron chi connectivity index (χ3n) is 14.3. The molecule has 0 atom stereocenters. The van der Waals surface area contributed by atoms with Crippen molar-refractivity contribution in [3.8, 4) is 67.5 Å². The maximum absolute atomic E-state index is 14.5. The first-order chi connectivity index (χ1) is 29.9. The second-order valence-electron chi connectivity index (χ2n) is 17.7. The van der Waals surface area contributed by atoms with Gasteiger partial charge in [-0.25, -0.2) is 23.4 Å². The Labute approximate surface area is 357 Å². The monoisotopic (exact) mass is 809 g/mol. The highest BCUT2D eigenvalue weighted by Gasteiger charge is 2.62. The van der Waals surface area contributed by atoms with Gasteiger partial charge in [0.15, 0.2) is 17.5 Å². The van der Waals surface area contributed by atoms with E-state index in [0.29, 0.717) is 39.1 Å². The predicted octanol–water partition coefficient (Wildman–Crippen LogP) is 12.8. The zero-order valence-electron chi connectivity index (χ0n) is 33.7. The van der Waals surface area contributed by atoms with E-state index in [0.717, 1.165) is 87.6 Å². The molecule has 2 heterocycles. The van der Waals surface area contributed by atoms with Crippen LogP contribution >= 0.6 is 0 Å². The van der Waals surface area contributed by atoms with Crippen LogP contribution < -0.4 is 0 Å². The van der Waals surface area contributed by atoms with Gasteiger partial charge in [0.1, 0.15) is 0 Å². The topological polar surface area (TPSA) is 72.8 Å². The van der Waals surface area contributed by atoms with E-state index in [4.69, 9.17) is 15.0 Å². The highest BCUT2D eigenvalue weighted by Crippen LogP contribution is 2.68. The molecule has 4 aliphatic carbocycles. The zero-order valence-corrected chi connectivity index (χ0v) is 34.5. The van der Waals surface area contributed by atoms with E-state index in [-0.39, 0.29) is 5.41 Å². The molecule has 1 aromatic heterocycles. The molecule has 0 amide bonds. The van der Waals surface area contributed by atoms with Crippen molar-refractivity contribution in [3.05, 3.63) is 187 Å². The third kappa shape index (κ3) is 5.87. The van der Waals surface area contributed by atoms with Gasteiger partial charge in [-0.05, 0) is 143 Å². The summed E-state index contributed by atoms with van der Waals surface area (Å²) < 4.78 is 29.0. The van der Waals surface area contributed by atoms with Crippen LogP contribution in [0.25, 0.3) is 67.5 Å². The summed E-state index contributed by atoms with van der Waals surface area (Å²) in [6.07, 6.45) is 5.93. The molecule has 1 spiro atoms. The van der Waals surface area contributed by atoms with Crippen LogP contribution in [0.15, 0.2) is 186 Å². The number of hydrogen-bond donors (Lipinski definition) is 0. The molecular weight excluding hydrogens is 767 g/mol. The third-order valence-corrected chi connectivity index (χ3v) is 16.2. The molecule has 13 rings (SSSR count). The van der Waals surface area contributed by atoms with E-state index in [9.17, 15) is 8.42 Å². The summed E-state index contributed by atoms with van der Waals surface area (Å²) in [5.74, 6) is 3.95. The number of hydrogen-bond acceptors (Lipinski definition) is 5. The Morgan fingerprint density at radius 1 is 0.361 bits per heavy atom. The smallest absolute Gasteiger partial charge is 0.207 e. The summed E-state index contributed by atoms with van der Waals surface area (Å²) >= 11 is 0. The van der Waals surface area contributed by atoms with Gasteiger partial charge in [0.05, 0.1) is 9.79 Å². The molecule has 0 N–H and O–H groups in total. The fourth-order valence-corrected chi connectivity index (χ4v) is 13.7. The summed E-state index contributed by atoms with van der Waals surface area (Å²) in [4.78, 5) is 16.3. The molecule has 8 aromatic rings. The number of rotatable bonds is 6. The molecule has 5 nitrogen and oxygen atoms in total. The molecule has 0 radical (unpaired) electrons. The fraction of sp³-hybridized carbons (Fsp3) is 0.182. The lowest BCUT2D eigenvalue weighted by molar-refractivity contribution is -0.0446. The number of aromatic nitrogens is 3. The molecular formula is C55H43N3O2S. The maximum Gasteiger partial charge on any atom is 0.207 e. The average Bonchev–Trinajstić information content (AvgIpc) is 3.32. The van der Waals surface area contributed by atoms with Gasteiger partial charge in [0.2, 0.25) is 9.84 Å². The number of nitrogens with zero attached hydrogens (tertiary/aromatic N) is 3. The summed E-state index contributed by atoms with van der Waals surface area (Å²) in [5.41, 5.74) is 11.0. The van der Waals surface area contributed by atoms with Crippen LogP contribution in [-0.4, -0.2) is 23.4 Å². The Morgan fingerprint density at radius 2 is 0.754 bits per heavy atom. The molecule has 61 heavy (non-hydrogen) atoms. The maximum atomic E-state index is 14.5. The lowest BCUT2D eigenvalue weighted by atomic mass is 9.42. The summed E-state index contributed by atoms with van der Waals surface area (Å²) in [5, 5.41) is 0. The van der Waals surface area contributed by atoms with Crippen molar-refractivity contribution >= 4 is 9.84 Å². The van der Waals surface area contributed by atoms with Gasteiger partial charge in [-0.3, -0.25) is 0 Å². The van der Waals surface area contributed by atoms with E-state index in [2.05, 4.69) is 115 Å². The van der Waals surface area contributed by atoms with Crippen molar-refractivity contribution in [1.29, 1.82) is 0 Å². The van der Waals surface area contributed by atoms with E-state index < -0.39 is 9.84 Å². The van der Waals surface area contributed by atoms with Crippen molar-refractivity contribution < 1.29 is 8.42 Å². The lowest BCUT2D eigenvalue weighted by Gasteiger charge is -2.63. The molecule has 4 bridgehead atoms. The van der Waals surface area contributed by atoms with E-state index >= 15 is 0 Å². The molecule has 5 aliphatic rings. The van der Waals surface area contributed by atoms with Crippen LogP contribution in [0.4, 0.5) is 0 Å². The highest BCUT2D eigenvalue weighted by molar-refractivity contribution is 7.91. The first-order valence-electron chi connectivity index (χ1n) is 21.6. The second-order valence-corrected chi connectivity index (χ2v) is 19.6. The molecule has 0 unspecified atom stereocenters. The van der Waals surface area contributed by atoms with Crippen LogP contribution in [0.5, 0.6) is 0 Å². The Bertz CT molecular complexity index is 3010. The van der Waals surface area contributed by atoms with Gasteiger partial charge in [-0.2, -0.15) is 0 Å². The van der Waals surface area contributed by atoms with E-state index in [1.165, 1.54) is 17.5 Å². The van der Waals surface area contributed by atoms with Gasteiger partial charge in [0, 0.05) is 22.1 Å². The number of benzene rings is 7. The van der Waals surface area contributed by atoms with Gasteiger partial charge in [-0.15, -0.1) is 0 Å². The van der Waals surface area contributed by atoms with Crippen LogP contribution in [0.3, 0.4) is 0 Å². The zero-order chi connectivity index (χ0) is 40.7. The van der Waals surface area contributed by atoms with Gasteiger partial charge < -0.3 is 0 Å². The van der Waals surface area contributed by atoms with Crippen molar-refractivity contribution in [2.75, 3.05) is 0 Å². The molecule has 4 saturated carbocycles. The molecule has 296 valence electrons. The van der Waals surface area contributed by atoms with E-state index in [1.807, 2.05) is 60.7 Å². The molecule has 1 aliphatic heterocycles. The minimum atomic E-state index is -3.73. The largest absolute Gasteiger partial charge is 0.218 e. The predicted molar refractivity (Wildman–Crippen MR) is 242 cm³/mol. The van der Waals surface area contributed by atoms with Crippen LogP contribution in [0.2, 0.25) is 0 Å². The lowest BCUT2D eigenvalue weighted by Crippen LogP contribution is -2.57. The number of sulfone groups is 1. The van der Waals surface area contributed by atoms with Crippen molar-refractivity contribution in [2.45, 2.75) is 47.3 Å². The summed E-state index contributed by atoms with van der Waals surface area (Å²) in [6.45, 7) is 0. The standard InChI is InChI=1S/C55H43N3O2S/c59-61(60)50-19-11-10-18-48(50)55(46-27-35-26-36(29-46)30-47(55)28-35)49-34-42(24-25-51(49)61)54-57-52(40-16-8-3-9-17-40)56-53(58-54)41-22-20-39(21-23-41)45-32-43(37-12-4-1-5-13-37)31-44(33-45)38-14-6-2-7-15-38/h1-25,31-36,46-47H,26-30H2. The van der Waals surface area contributed by atoms with Gasteiger partial charge in [0.25, 0.3) is 0 Å². The quantitative estimate of drug-likeness (QED) is 0.167. The minimum absolute atomic E-state index is 0.354. The first kappa shape index (κ1) is 36.4. The van der Waals surface area contributed by atoms with Gasteiger partial charge in [-0.1, -0.05) is 133 Å².